The number of fused-ring (bicyclic) bond motifs is 5. The molecule has 15 nitrogen and oxygen atoms in total. The van der Waals surface area contributed by atoms with Gasteiger partial charge in [-0.1, -0.05) is 124 Å². The van der Waals surface area contributed by atoms with Gasteiger partial charge in [-0.25, -0.2) is 9.59 Å². The molecule has 2 amide bonds. The molecule has 1 aromatic heterocycles. The fraction of sp³-hybridized carbons (Fsp3) is 0.404. The van der Waals surface area contributed by atoms with E-state index in [1.165, 1.54) is 15.7 Å². The van der Waals surface area contributed by atoms with E-state index in [1.807, 2.05) is 115 Å². The molecule has 362 valence electrons. The van der Waals surface area contributed by atoms with Crippen molar-refractivity contribution in [2.24, 2.45) is 11.8 Å². The second-order valence-electron chi connectivity index (χ2n) is 19.6. The number of amides is 2. The normalized spacial score (nSPS) is 25.5. The number of rotatable bonds is 15. The quantitative estimate of drug-likeness (QED) is 0.0357. The maximum Gasteiger partial charge on any atom is 0.508 e. The first-order valence-corrected chi connectivity index (χ1v) is 26.8. The van der Waals surface area contributed by atoms with Crippen LogP contribution in [-0.4, -0.2) is 91.1 Å². The number of methoxy groups -OCH3 is 1. The third kappa shape index (κ3) is 9.11. The second kappa shape index (κ2) is 19.2. The lowest BCUT2D eigenvalue weighted by Crippen LogP contribution is -2.51. The summed E-state index contributed by atoms with van der Waals surface area (Å²) in [6, 6.07) is 36.7. The zero-order chi connectivity index (χ0) is 48.8. The molecule has 9 atom stereocenters. The third-order valence-electron chi connectivity index (χ3n) is 14.3. The van der Waals surface area contributed by atoms with Crippen molar-refractivity contribution < 1.29 is 46.7 Å². The van der Waals surface area contributed by atoms with Crippen LogP contribution in [0.3, 0.4) is 0 Å². The van der Waals surface area contributed by atoms with E-state index in [0.29, 0.717) is 11.3 Å². The van der Waals surface area contributed by atoms with Crippen LogP contribution >= 0.6 is 12.0 Å². The van der Waals surface area contributed by atoms with Gasteiger partial charge in [0.05, 0.1) is 31.6 Å². The van der Waals surface area contributed by atoms with Gasteiger partial charge < -0.3 is 32.3 Å². The summed E-state index contributed by atoms with van der Waals surface area (Å²) in [6.07, 6.45) is -5.90. The van der Waals surface area contributed by atoms with E-state index in [-0.39, 0.29) is 30.5 Å². The van der Waals surface area contributed by atoms with Crippen molar-refractivity contribution in [2.75, 3.05) is 13.7 Å². The smallest absolute Gasteiger partial charge is 0.497 e. The highest BCUT2D eigenvalue weighted by atomic mass is 32.2. The maximum atomic E-state index is 14.4. The zero-order valence-corrected chi connectivity index (χ0v) is 41.4. The molecule has 4 aliphatic heterocycles. The Morgan fingerprint density at radius 1 is 0.783 bits per heavy atom. The van der Waals surface area contributed by atoms with Crippen LogP contribution in [0.15, 0.2) is 131 Å². The number of nitrogens with zero attached hydrogens (tertiary/aromatic N) is 2. The molecule has 69 heavy (non-hydrogen) atoms. The van der Waals surface area contributed by atoms with E-state index in [0.717, 1.165) is 34.3 Å². The van der Waals surface area contributed by atoms with Crippen molar-refractivity contribution in [1.29, 1.82) is 0 Å². The predicted octanol–water partition coefficient (Wildman–Crippen LogP) is 7.66. The predicted molar refractivity (Wildman–Crippen MR) is 259 cm³/mol. The number of aromatic amines is 1. The Hall–Kier alpha value is -5.82. The molecule has 4 aromatic carbocycles. The first-order valence-electron chi connectivity index (χ1n) is 23.1. The van der Waals surface area contributed by atoms with Crippen molar-refractivity contribution in [3.05, 3.63) is 170 Å². The summed E-state index contributed by atoms with van der Waals surface area (Å²) in [7, 11) is -0.834. The molecule has 0 saturated carbocycles. The number of H-pyrrole nitrogens is 1. The van der Waals surface area contributed by atoms with Gasteiger partial charge in [-0.15, -0.1) is 0 Å². The van der Waals surface area contributed by atoms with Crippen molar-refractivity contribution in [2.45, 2.75) is 106 Å². The Morgan fingerprint density at radius 3 is 1.93 bits per heavy atom. The van der Waals surface area contributed by atoms with E-state index in [2.05, 4.69) is 38.8 Å². The van der Waals surface area contributed by atoms with Gasteiger partial charge in [-0.2, -0.15) is 0 Å². The molecule has 0 spiro atoms. The Bertz CT molecular complexity index is 2750. The molecule has 4 fully saturated rings. The molecule has 6 unspecified atom stereocenters. The van der Waals surface area contributed by atoms with Crippen molar-refractivity contribution >= 4 is 38.3 Å². The molecule has 9 rings (SSSR count). The minimum absolute atomic E-state index is 0.0760. The van der Waals surface area contributed by atoms with Crippen LogP contribution in [-0.2, 0) is 48.4 Å². The van der Waals surface area contributed by atoms with Crippen LogP contribution in [0.25, 0.3) is 0 Å². The number of benzene rings is 4. The SMILES string of the molecule is COc1ccc(C(SOC2C(OC(=O)OC[C@H]3O[C@@H](n4cc(C)c(=O)[nH]c4=O)C[C@@H]3O[Si](C)(C)C(C)(C)C)C3OC2C2C(=O)N(Cc4ccccc4)C(=O)C32)(c2ccccc2)c2ccccc2)cc1. The van der Waals surface area contributed by atoms with E-state index in [1.54, 1.807) is 14.0 Å². The molecule has 4 aliphatic rings. The monoisotopic (exact) mass is 975 g/mol. The van der Waals surface area contributed by atoms with Crippen LogP contribution in [0.5, 0.6) is 5.75 Å². The van der Waals surface area contributed by atoms with Crippen molar-refractivity contribution in [3.8, 4) is 5.75 Å². The minimum atomic E-state index is -2.44. The summed E-state index contributed by atoms with van der Waals surface area (Å²) >= 11 is 1.15. The maximum absolute atomic E-state index is 14.4. The lowest BCUT2D eigenvalue weighted by molar-refractivity contribution is -0.144. The fourth-order valence-electron chi connectivity index (χ4n) is 9.66. The van der Waals surface area contributed by atoms with Crippen LogP contribution < -0.4 is 16.0 Å². The number of aryl methyl sites for hydroxylation is 1. The molecule has 2 bridgehead atoms. The molecule has 0 aliphatic carbocycles. The number of aromatic nitrogens is 2. The highest BCUT2D eigenvalue weighted by Crippen LogP contribution is 2.55. The summed E-state index contributed by atoms with van der Waals surface area (Å²) in [5.74, 6) is -1.97. The molecule has 0 radical (unpaired) electrons. The van der Waals surface area contributed by atoms with Gasteiger partial charge in [0.15, 0.2) is 14.4 Å². The summed E-state index contributed by atoms with van der Waals surface area (Å²) in [5, 5.41) is -0.185. The van der Waals surface area contributed by atoms with E-state index < -0.39 is 91.1 Å². The number of ether oxygens (including phenoxy) is 5. The van der Waals surface area contributed by atoms with Gasteiger partial charge in [0.2, 0.25) is 11.8 Å². The molecular weight excluding hydrogens is 919 g/mol. The van der Waals surface area contributed by atoms with Crippen LogP contribution in [0.1, 0.15) is 61.2 Å². The average Bonchev–Trinajstić information content (AvgIpc) is 4.08. The van der Waals surface area contributed by atoms with E-state index in [9.17, 15) is 24.0 Å². The molecule has 4 saturated heterocycles. The van der Waals surface area contributed by atoms with Gasteiger partial charge in [-0.3, -0.25) is 28.8 Å². The molecule has 5 aromatic rings. The van der Waals surface area contributed by atoms with Gasteiger partial charge in [-0.05, 0) is 59.4 Å². The number of carbonyl (C=O) groups is 3. The van der Waals surface area contributed by atoms with E-state index in [4.69, 9.17) is 32.3 Å². The van der Waals surface area contributed by atoms with Crippen molar-refractivity contribution in [3.63, 3.8) is 0 Å². The Labute approximate surface area is 405 Å². The van der Waals surface area contributed by atoms with Gasteiger partial charge in [0.25, 0.3) is 5.56 Å². The highest BCUT2D eigenvalue weighted by Gasteiger charge is 2.71. The molecule has 1 N–H and O–H groups in total. The Kier molecular flexibility index (Phi) is 13.4. The molecule has 17 heteroatoms. The Balaban J connectivity index is 1.03. The third-order valence-corrected chi connectivity index (χ3v) is 20.1. The van der Waals surface area contributed by atoms with Gasteiger partial charge in [0, 0.05) is 30.2 Å². The fourth-order valence-corrected chi connectivity index (χ4v) is 12.2. The first-order chi connectivity index (χ1) is 33.0. The summed E-state index contributed by atoms with van der Waals surface area (Å²) in [5.41, 5.74) is 2.60. The summed E-state index contributed by atoms with van der Waals surface area (Å²) in [4.78, 5) is 71.7. The number of nitrogens with one attached hydrogen (secondary N) is 1. The lowest BCUT2D eigenvalue weighted by atomic mass is 9.78. The molecule has 5 heterocycles. The highest BCUT2D eigenvalue weighted by molar-refractivity contribution is 7.96. The zero-order valence-electron chi connectivity index (χ0n) is 39.6. The van der Waals surface area contributed by atoms with Gasteiger partial charge in [0.1, 0.15) is 47.7 Å². The standard InChI is InChI=1S/C52H57N3O12SSi/c1-31-28-54(49(59)53-46(31)56)39-27-37(67-69(6,7)51(2,3)4)38(63-39)30-62-50(60)65-44-42-40-41(48(58)55(47(40)57)29-32-17-11-8-12-18-32)43(64-42)45(44)66-68-52(33-19-13-9-14-20-33,34-21-15-10-16-22-34)35-23-25-36(61-5)26-24-35/h8-26,28,37-45H,27,29-30H2,1-7H3,(H,53,56,59)/t37-,38+,39+,40?,41?,42?,43?,44?,45?/m0/s1. The average molecular weight is 976 g/mol. The molecular formula is C52H57N3O12SSi. The second-order valence-corrected chi connectivity index (χ2v) is 25.3. The number of hydrogen-bond donors (Lipinski definition) is 1. The van der Waals surface area contributed by atoms with Crippen LogP contribution in [0.4, 0.5) is 4.79 Å². The topological polar surface area (TPSA) is 174 Å². The van der Waals surface area contributed by atoms with Crippen LogP contribution in [0, 0.1) is 18.8 Å². The first kappa shape index (κ1) is 48.2. The summed E-state index contributed by atoms with van der Waals surface area (Å²) < 4.78 is 44.7. The number of likely N-dealkylation sites (tertiary alicyclic amines) is 1. The van der Waals surface area contributed by atoms with E-state index >= 15 is 0 Å². The lowest BCUT2D eigenvalue weighted by Gasteiger charge is -2.39. The number of hydrogen-bond acceptors (Lipinski definition) is 13. The van der Waals surface area contributed by atoms with Crippen LogP contribution in [0.2, 0.25) is 18.1 Å². The number of imide groups is 1. The van der Waals surface area contributed by atoms with Gasteiger partial charge >= 0.3 is 11.8 Å². The summed E-state index contributed by atoms with van der Waals surface area (Å²) in [6.45, 7) is 11.9. The number of carbonyl (C=O) groups excluding carboxylic acids is 3. The Morgan fingerprint density at radius 2 is 1.35 bits per heavy atom. The minimum Gasteiger partial charge on any atom is -0.497 e. The largest absolute Gasteiger partial charge is 0.508 e. The van der Waals surface area contributed by atoms with Crippen molar-refractivity contribution in [1.82, 2.24) is 14.5 Å².